The Morgan fingerprint density at radius 3 is 2.52 bits per heavy atom. The van der Waals surface area contributed by atoms with E-state index < -0.39 is 11.0 Å². The largest absolute Gasteiger partial charge is 0.301 e. The van der Waals surface area contributed by atoms with E-state index in [2.05, 4.69) is 57.6 Å². The fraction of sp³-hybridized carbons (Fsp3) is 0.250. The van der Waals surface area contributed by atoms with Gasteiger partial charge in [-0.1, -0.05) is 72.3 Å². The van der Waals surface area contributed by atoms with Crippen molar-refractivity contribution in [1.29, 1.82) is 0 Å². The van der Waals surface area contributed by atoms with Gasteiger partial charge in [0.2, 0.25) is 5.91 Å². The minimum Gasteiger partial charge on any atom is -0.301 e. The Hall–Kier alpha value is -3.49. The van der Waals surface area contributed by atoms with Crippen LogP contribution in [-0.4, -0.2) is 10.9 Å². The second kappa shape index (κ2) is 7.26. The molecule has 4 aliphatic rings. The molecule has 0 saturated heterocycles. The van der Waals surface area contributed by atoms with Gasteiger partial charge in [-0.3, -0.25) is 9.64 Å². The van der Waals surface area contributed by atoms with Gasteiger partial charge in [-0.2, -0.15) is 0 Å². The lowest BCUT2D eigenvalue weighted by Crippen LogP contribution is -2.53. The van der Waals surface area contributed by atoms with Crippen LogP contribution in [0.1, 0.15) is 53.6 Å². The van der Waals surface area contributed by atoms with E-state index in [1.165, 1.54) is 16.9 Å². The van der Waals surface area contributed by atoms with E-state index in [4.69, 9.17) is 6.57 Å². The van der Waals surface area contributed by atoms with Gasteiger partial charge in [0, 0.05) is 35.3 Å². The lowest BCUT2D eigenvalue weighted by Gasteiger charge is -2.51. The van der Waals surface area contributed by atoms with Gasteiger partial charge in [0.15, 0.2) is 5.13 Å². The maximum atomic E-state index is 13.8. The van der Waals surface area contributed by atoms with Gasteiger partial charge in [-0.15, -0.1) is 11.3 Å². The molecule has 0 aliphatic heterocycles. The summed E-state index contributed by atoms with van der Waals surface area (Å²) in [5, 5.41) is 5.77. The molecule has 1 aromatic heterocycles. The van der Waals surface area contributed by atoms with Crippen LogP contribution in [0, 0.1) is 12.0 Å². The number of benzene rings is 2. The average Bonchev–Trinajstić information content (AvgIpc) is 3.51. The maximum absolute atomic E-state index is 13.8. The third-order valence-corrected chi connectivity index (χ3v) is 8.24. The molecule has 1 unspecified atom stereocenters. The molecule has 0 spiro atoms. The number of thiazole rings is 1. The van der Waals surface area contributed by atoms with E-state index >= 15 is 0 Å². The highest BCUT2D eigenvalue weighted by atomic mass is 32.1. The van der Waals surface area contributed by atoms with E-state index in [1.54, 1.807) is 0 Å². The highest BCUT2D eigenvalue weighted by molar-refractivity contribution is 7.13. The average molecular weight is 450 g/mol. The number of rotatable bonds is 4. The van der Waals surface area contributed by atoms with Gasteiger partial charge in [0.05, 0.1) is 11.1 Å². The van der Waals surface area contributed by atoms with Crippen molar-refractivity contribution in [2.24, 2.45) is 5.41 Å². The first-order valence-corrected chi connectivity index (χ1v) is 12.1. The van der Waals surface area contributed by atoms with Crippen molar-refractivity contribution >= 4 is 22.4 Å². The summed E-state index contributed by atoms with van der Waals surface area (Å²) >= 11 is 1.47. The third-order valence-electron chi connectivity index (χ3n) is 7.43. The summed E-state index contributed by atoms with van der Waals surface area (Å²) in [6, 6.07) is 16.3. The molecule has 162 valence electrons. The second-order valence-corrected chi connectivity index (χ2v) is 10.3. The van der Waals surface area contributed by atoms with Crippen LogP contribution in [-0.2, 0) is 16.8 Å². The summed E-state index contributed by atoms with van der Waals surface area (Å²) in [5.41, 5.74) is 5.00. The zero-order valence-corrected chi connectivity index (χ0v) is 19.2. The lowest BCUT2D eigenvalue weighted by atomic mass is 9.49. The van der Waals surface area contributed by atoms with Gasteiger partial charge in [-0.25, -0.2) is 11.6 Å². The minimum absolute atomic E-state index is 0.0628. The first kappa shape index (κ1) is 20.1. The van der Waals surface area contributed by atoms with Gasteiger partial charge in [0.25, 0.3) is 5.54 Å². The lowest BCUT2D eigenvalue weighted by molar-refractivity contribution is -0.127. The Morgan fingerprint density at radius 2 is 1.88 bits per heavy atom. The van der Waals surface area contributed by atoms with Crippen LogP contribution in [0.4, 0.5) is 5.13 Å². The molecule has 3 aromatic rings. The van der Waals surface area contributed by atoms with Crippen LogP contribution < -0.4 is 5.32 Å². The second-order valence-electron chi connectivity index (χ2n) is 9.41. The van der Waals surface area contributed by atoms with Crippen LogP contribution in [0.15, 0.2) is 77.7 Å². The summed E-state index contributed by atoms with van der Waals surface area (Å²) in [6.45, 7) is 10.3. The van der Waals surface area contributed by atoms with Crippen molar-refractivity contribution in [2.75, 3.05) is 5.32 Å². The third kappa shape index (κ3) is 2.87. The molecule has 4 nitrogen and oxygen atoms in total. The summed E-state index contributed by atoms with van der Waals surface area (Å²) < 4.78 is 0. The molecule has 5 heteroatoms. The number of carbonyl (C=O) groups excluding carboxylic acids is 1. The van der Waals surface area contributed by atoms with Crippen molar-refractivity contribution < 1.29 is 4.79 Å². The van der Waals surface area contributed by atoms with Crippen molar-refractivity contribution in [1.82, 2.24) is 4.98 Å². The molecule has 2 aromatic carbocycles. The van der Waals surface area contributed by atoms with E-state index in [1.807, 2.05) is 36.6 Å². The maximum Gasteiger partial charge on any atom is 0.284 e. The molecular formula is C28H23N3OS. The number of aromatic nitrogens is 1. The van der Waals surface area contributed by atoms with Crippen molar-refractivity contribution in [2.45, 2.75) is 37.6 Å². The first-order chi connectivity index (χ1) is 16.0. The quantitative estimate of drug-likeness (QED) is 0.480. The fourth-order valence-electron chi connectivity index (χ4n) is 5.99. The monoisotopic (exact) mass is 449 g/mol. The predicted molar refractivity (Wildman–Crippen MR) is 131 cm³/mol. The molecule has 7 rings (SSSR count). The number of nitrogens with one attached hydrogen (secondary N) is 1. The van der Waals surface area contributed by atoms with Gasteiger partial charge in [-0.05, 0) is 24.5 Å². The smallest absolute Gasteiger partial charge is 0.284 e. The van der Waals surface area contributed by atoms with Crippen LogP contribution in [0.25, 0.3) is 4.85 Å². The summed E-state index contributed by atoms with van der Waals surface area (Å²) in [5.74, 6) is -0.158. The predicted octanol–water partition coefficient (Wildman–Crippen LogP) is 6.23. The zero-order chi connectivity index (χ0) is 22.6. The topological polar surface area (TPSA) is 46.4 Å². The van der Waals surface area contributed by atoms with E-state index in [0.29, 0.717) is 11.6 Å². The van der Waals surface area contributed by atoms with Crippen molar-refractivity contribution in [3.8, 4) is 0 Å². The number of fused-ring (bicyclic) bond motifs is 1. The Balaban J connectivity index is 1.37. The standard InChI is InChI=1S/C28H23N3OS/c1-27(25(32)31-26-30-19(16-33-26)15-18-9-3-4-10-18)17-28(29-2)22-13-7-5-11-20(22)24(27)21-12-6-8-14-23(21)28/h3-9,11-14,16,24H,10,15,17H2,1H3,(H,30,31,32). The molecule has 33 heavy (non-hydrogen) atoms. The van der Waals surface area contributed by atoms with Gasteiger partial charge < -0.3 is 5.32 Å². The number of allylic oxidation sites excluding steroid dienone is 4. The van der Waals surface area contributed by atoms with E-state index in [0.717, 1.165) is 40.8 Å². The first-order valence-electron chi connectivity index (χ1n) is 11.2. The minimum atomic E-state index is -0.843. The van der Waals surface area contributed by atoms with Crippen molar-refractivity contribution in [3.63, 3.8) is 0 Å². The Bertz CT molecular complexity index is 1340. The molecule has 1 amide bonds. The number of amides is 1. The molecule has 0 fully saturated rings. The Labute approximate surface area is 197 Å². The van der Waals surface area contributed by atoms with Crippen LogP contribution in [0.2, 0.25) is 0 Å². The molecule has 0 saturated carbocycles. The van der Waals surface area contributed by atoms with E-state index in [-0.39, 0.29) is 11.8 Å². The van der Waals surface area contributed by atoms with Crippen LogP contribution in [0.5, 0.6) is 0 Å². The summed E-state index contributed by atoms with van der Waals surface area (Å²) in [6.07, 6.45) is 8.59. The number of hydrogen-bond donors (Lipinski definition) is 1. The number of hydrogen-bond acceptors (Lipinski definition) is 3. The summed E-state index contributed by atoms with van der Waals surface area (Å²) in [4.78, 5) is 22.7. The molecular weight excluding hydrogens is 426 g/mol. The molecule has 0 radical (unpaired) electrons. The van der Waals surface area contributed by atoms with E-state index in [9.17, 15) is 4.79 Å². The Morgan fingerprint density at radius 1 is 1.18 bits per heavy atom. The van der Waals surface area contributed by atoms with Crippen molar-refractivity contribution in [3.05, 3.63) is 117 Å². The SMILES string of the molecule is [C-]#[N+]C12CC(C)(C(=O)Nc3nc(CC4=CC=CC4)cs3)C(c3ccccc31)c1ccccc12. The normalized spacial score (nSPS) is 26.3. The van der Waals surface area contributed by atoms with Gasteiger partial charge >= 0.3 is 0 Å². The number of carbonyl (C=O) groups is 1. The fourth-order valence-corrected chi connectivity index (χ4v) is 6.69. The van der Waals surface area contributed by atoms with Crippen LogP contribution in [0.3, 0.4) is 0 Å². The van der Waals surface area contributed by atoms with Crippen LogP contribution >= 0.6 is 11.3 Å². The molecule has 4 aliphatic carbocycles. The molecule has 1 heterocycles. The zero-order valence-electron chi connectivity index (χ0n) is 18.3. The molecule has 1 atom stereocenters. The highest BCUT2D eigenvalue weighted by Crippen LogP contribution is 2.64. The Kier molecular flexibility index (Phi) is 4.43. The summed E-state index contributed by atoms with van der Waals surface area (Å²) in [7, 11) is 0. The molecule has 2 bridgehead atoms. The van der Waals surface area contributed by atoms with Gasteiger partial charge in [0.1, 0.15) is 0 Å². The number of nitrogens with zero attached hydrogens (tertiary/aromatic N) is 2. The highest BCUT2D eigenvalue weighted by Gasteiger charge is 2.64. The molecule has 1 N–H and O–H groups in total. The number of anilines is 1.